The molecule has 3 aromatic rings. The van der Waals surface area contributed by atoms with Gasteiger partial charge in [-0.25, -0.2) is 0 Å². The largest absolute Gasteiger partial charge is 0.440 e. The normalized spacial score (nSPS) is 15.8. The van der Waals surface area contributed by atoms with E-state index in [0.29, 0.717) is 17.9 Å². The molecule has 2 N–H and O–H groups in total. The second-order valence-corrected chi connectivity index (χ2v) is 7.36. The number of nitrogens with zero attached hydrogens (tertiary/aromatic N) is 2. The highest BCUT2D eigenvalue weighted by atomic mass is 32.1. The highest BCUT2D eigenvalue weighted by molar-refractivity contribution is 7.10. The standard InChI is InChI=1S/C21H17N3O2S/c1-13-10-16-19(21(25)24(13)12-14-6-3-2-4-7-14)18(17-8-5-9-27-17)15(11-22)20(23)26-16/h2-10,18H,12,23H2,1H3. The molecule has 0 bridgehead atoms. The number of benzene rings is 1. The number of aromatic nitrogens is 1. The van der Waals surface area contributed by atoms with Crippen LogP contribution in [0.1, 0.15) is 27.6 Å². The quantitative estimate of drug-likeness (QED) is 0.760. The predicted octanol–water partition coefficient (Wildman–Crippen LogP) is 3.48. The molecule has 2 aromatic heterocycles. The van der Waals surface area contributed by atoms with Crippen molar-refractivity contribution in [3.63, 3.8) is 0 Å². The van der Waals surface area contributed by atoms with Crippen molar-refractivity contribution in [3.05, 3.63) is 97.4 Å². The lowest BCUT2D eigenvalue weighted by atomic mass is 9.88. The summed E-state index contributed by atoms with van der Waals surface area (Å²) in [7, 11) is 0. The number of hydrogen-bond acceptors (Lipinski definition) is 5. The molecule has 1 aromatic carbocycles. The van der Waals surface area contributed by atoms with E-state index >= 15 is 0 Å². The average molecular weight is 375 g/mol. The fourth-order valence-electron chi connectivity index (χ4n) is 3.39. The van der Waals surface area contributed by atoms with Crippen molar-refractivity contribution >= 4 is 11.3 Å². The van der Waals surface area contributed by atoms with Gasteiger partial charge in [-0.15, -0.1) is 11.3 Å². The first-order valence-corrected chi connectivity index (χ1v) is 9.37. The molecule has 0 saturated carbocycles. The fraction of sp³-hybridized carbons (Fsp3) is 0.143. The van der Waals surface area contributed by atoms with E-state index in [-0.39, 0.29) is 17.0 Å². The van der Waals surface area contributed by atoms with Crippen LogP contribution in [0.3, 0.4) is 0 Å². The number of fused-ring (bicyclic) bond motifs is 1. The number of rotatable bonds is 3. The first-order chi connectivity index (χ1) is 13.1. The van der Waals surface area contributed by atoms with Crippen LogP contribution in [0.5, 0.6) is 5.75 Å². The lowest BCUT2D eigenvalue weighted by Gasteiger charge is -2.26. The van der Waals surface area contributed by atoms with E-state index < -0.39 is 5.92 Å². The molecular weight excluding hydrogens is 358 g/mol. The zero-order valence-corrected chi connectivity index (χ0v) is 15.5. The Kier molecular flexibility index (Phi) is 4.30. The SMILES string of the molecule is Cc1cc2c(c(=O)n1Cc1ccccc1)C(c1cccs1)C(C#N)=C(N)O2. The number of pyridine rings is 1. The Morgan fingerprint density at radius 1 is 1.26 bits per heavy atom. The number of nitriles is 1. The van der Waals surface area contributed by atoms with E-state index in [4.69, 9.17) is 10.5 Å². The zero-order chi connectivity index (χ0) is 19.0. The molecule has 0 saturated heterocycles. The van der Waals surface area contributed by atoms with Gasteiger partial charge in [0.25, 0.3) is 5.56 Å². The third kappa shape index (κ3) is 2.92. The number of nitrogens with two attached hydrogens (primary N) is 1. The summed E-state index contributed by atoms with van der Waals surface area (Å²) in [5, 5.41) is 11.6. The molecule has 1 atom stereocenters. The van der Waals surface area contributed by atoms with E-state index in [1.165, 1.54) is 11.3 Å². The molecule has 0 spiro atoms. The lowest BCUT2D eigenvalue weighted by molar-refractivity contribution is 0.389. The van der Waals surface area contributed by atoms with Gasteiger partial charge in [0.15, 0.2) is 0 Å². The Balaban J connectivity index is 1.92. The van der Waals surface area contributed by atoms with Gasteiger partial charge in [-0.05, 0) is 23.9 Å². The summed E-state index contributed by atoms with van der Waals surface area (Å²) >= 11 is 1.49. The fourth-order valence-corrected chi connectivity index (χ4v) is 4.23. The molecule has 1 unspecified atom stereocenters. The predicted molar refractivity (Wildman–Crippen MR) is 105 cm³/mol. The summed E-state index contributed by atoms with van der Waals surface area (Å²) in [5.41, 5.74) is 8.38. The maximum Gasteiger partial charge on any atom is 0.259 e. The molecule has 1 aliphatic heterocycles. The van der Waals surface area contributed by atoms with Gasteiger partial charge in [0.1, 0.15) is 17.4 Å². The summed E-state index contributed by atoms with van der Waals surface area (Å²) in [4.78, 5) is 14.3. The van der Waals surface area contributed by atoms with Crippen molar-refractivity contribution in [2.75, 3.05) is 0 Å². The minimum Gasteiger partial charge on any atom is -0.440 e. The van der Waals surface area contributed by atoms with Crippen LogP contribution in [0.15, 0.2) is 70.2 Å². The summed E-state index contributed by atoms with van der Waals surface area (Å²) in [6.07, 6.45) is 0. The Hall–Kier alpha value is -3.30. The lowest BCUT2D eigenvalue weighted by Crippen LogP contribution is -2.32. The van der Waals surface area contributed by atoms with Crippen LogP contribution in [-0.2, 0) is 6.54 Å². The first-order valence-electron chi connectivity index (χ1n) is 8.49. The summed E-state index contributed by atoms with van der Waals surface area (Å²) in [6.45, 7) is 2.32. The number of ether oxygens (including phenoxy) is 1. The Bertz CT molecular complexity index is 1120. The summed E-state index contributed by atoms with van der Waals surface area (Å²) < 4.78 is 7.37. The zero-order valence-electron chi connectivity index (χ0n) is 14.7. The highest BCUT2D eigenvalue weighted by Gasteiger charge is 2.34. The second-order valence-electron chi connectivity index (χ2n) is 6.38. The monoisotopic (exact) mass is 375 g/mol. The maximum atomic E-state index is 13.4. The summed E-state index contributed by atoms with van der Waals surface area (Å²) in [6, 6.07) is 17.6. The van der Waals surface area contributed by atoms with Gasteiger partial charge in [0.05, 0.1) is 18.0 Å². The summed E-state index contributed by atoms with van der Waals surface area (Å²) in [5.74, 6) is -0.0198. The highest BCUT2D eigenvalue weighted by Crippen LogP contribution is 2.41. The van der Waals surface area contributed by atoms with Gasteiger partial charge in [-0.3, -0.25) is 4.79 Å². The van der Waals surface area contributed by atoms with E-state index in [1.54, 1.807) is 4.57 Å². The molecule has 0 fully saturated rings. The molecule has 0 radical (unpaired) electrons. The Morgan fingerprint density at radius 2 is 2.04 bits per heavy atom. The molecule has 5 nitrogen and oxygen atoms in total. The van der Waals surface area contributed by atoms with Gasteiger partial charge in [-0.2, -0.15) is 5.26 Å². The molecular formula is C21H17N3O2S. The number of aryl methyl sites for hydroxylation is 1. The van der Waals surface area contributed by atoms with E-state index in [0.717, 1.165) is 16.1 Å². The van der Waals surface area contributed by atoms with Crippen molar-refractivity contribution in [2.24, 2.45) is 5.73 Å². The average Bonchev–Trinajstić information content (AvgIpc) is 3.19. The third-order valence-electron chi connectivity index (χ3n) is 4.70. The minimum atomic E-state index is -0.506. The molecule has 27 heavy (non-hydrogen) atoms. The van der Waals surface area contributed by atoms with Crippen LogP contribution < -0.4 is 16.0 Å². The smallest absolute Gasteiger partial charge is 0.259 e. The number of thiophene rings is 1. The number of allylic oxidation sites excluding steroid dienone is 1. The van der Waals surface area contributed by atoms with Crippen LogP contribution >= 0.6 is 11.3 Å². The van der Waals surface area contributed by atoms with Crippen LogP contribution in [-0.4, -0.2) is 4.57 Å². The second kappa shape index (κ2) is 6.78. The molecule has 1 aliphatic rings. The third-order valence-corrected chi connectivity index (χ3v) is 5.64. The maximum absolute atomic E-state index is 13.4. The molecule has 3 heterocycles. The number of hydrogen-bond donors (Lipinski definition) is 1. The van der Waals surface area contributed by atoms with Gasteiger partial charge in [-0.1, -0.05) is 36.4 Å². The van der Waals surface area contributed by atoms with E-state index in [2.05, 4.69) is 6.07 Å². The van der Waals surface area contributed by atoms with Gasteiger partial charge < -0.3 is 15.0 Å². The molecule has 134 valence electrons. The van der Waals surface area contributed by atoms with E-state index in [9.17, 15) is 10.1 Å². The van der Waals surface area contributed by atoms with Crippen molar-refractivity contribution in [3.8, 4) is 11.8 Å². The van der Waals surface area contributed by atoms with Crippen LogP contribution in [0.2, 0.25) is 0 Å². The topological polar surface area (TPSA) is 81.0 Å². The van der Waals surface area contributed by atoms with Crippen LogP contribution in [0, 0.1) is 18.3 Å². The Morgan fingerprint density at radius 3 is 2.70 bits per heavy atom. The molecule has 0 amide bonds. The molecule has 4 rings (SSSR count). The van der Waals surface area contributed by atoms with Crippen molar-refractivity contribution in [1.82, 2.24) is 4.57 Å². The van der Waals surface area contributed by atoms with Crippen LogP contribution in [0.25, 0.3) is 0 Å². The van der Waals surface area contributed by atoms with Gasteiger partial charge >= 0.3 is 0 Å². The van der Waals surface area contributed by atoms with E-state index in [1.807, 2.05) is 60.8 Å². The van der Waals surface area contributed by atoms with Gasteiger partial charge in [0.2, 0.25) is 5.88 Å². The van der Waals surface area contributed by atoms with Crippen LogP contribution in [0.4, 0.5) is 0 Å². The van der Waals surface area contributed by atoms with Crippen molar-refractivity contribution in [2.45, 2.75) is 19.4 Å². The van der Waals surface area contributed by atoms with Crippen molar-refractivity contribution in [1.29, 1.82) is 5.26 Å². The van der Waals surface area contributed by atoms with Crippen molar-refractivity contribution < 1.29 is 4.74 Å². The first kappa shape index (κ1) is 17.1. The Labute approximate surface area is 160 Å². The van der Waals surface area contributed by atoms with Gasteiger partial charge in [0, 0.05) is 16.6 Å². The molecule has 0 aliphatic carbocycles. The molecule has 6 heteroatoms. The minimum absolute atomic E-state index is 0.0583.